The van der Waals surface area contributed by atoms with Crippen molar-refractivity contribution in [1.29, 1.82) is 0 Å². The Bertz CT molecular complexity index is 353. The van der Waals surface area contributed by atoms with Crippen LogP contribution in [0.15, 0.2) is 12.1 Å². The molecule has 1 rings (SSSR count). The van der Waals surface area contributed by atoms with Gasteiger partial charge in [-0.1, -0.05) is 0 Å². The maximum Gasteiger partial charge on any atom is 0.127 e. The Morgan fingerprint density at radius 2 is 1.94 bits per heavy atom. The van der Waals surface area contributed by atoms with Crippen molar-refractivity contribution in [3.8, 4) is 11.5 Å². The van der Waals surface area contributed by atoms with Gasteiger partial charge >= 0.3 is 0 Å². The second kappa shape index (κ2) is 5.72. The molecule has 0 heterocycles. The lowest BCUT2D eigenvalue weighted by Gasteiger charge is -2.19. The molecular formula is C12H20N2O2. The van der Waals surface area contributed by atoms with Crippen LogP contribution in [0.3, 0.4) is 0 Å². The van der Waals surface area contributed by atoms with Gasteiger partial charge in [-0.3, -0.25) is 4.90 Å². The van der Waals surface area contributed by atoms with Crippen LogP contribution in [-0.4, -0.2) is 32.8 Å². The van der Waals surface area contributed by atoms with Crippen molar-refractivity contribution in [2.45, 2.75) is 13.5 Å². The molecule has 0 atom stereocenters. The van der Waals surface area contributed by atoms with Crippen LogP contribution in [-0.2, 0) is 6.54 Å². The standard InChI is InChI=1S/C12H20N2O2/c1-9-5-10(15-3)6-12(16-4)11(9)7-14(2)8-13/h5-6H,7-8,13H2,1-4H3. The van der Waals surface area contributed by atoms with E-state index in [0.29, 0.717) is 6.67 Å². The number of aryl methyl sites for hydroxylation is 1. The monoisotopic (exact) mass is 224 g/mol. The minimum atomic E-state index is 0.522. The van der Waals surface area contributed by atoms with Crippen LogP contribution < -0.4 is 15.2 Å². The summed E-state index contributed by atoms with van der Waals surface area (Å²) >= 11 is 0. The molecule has 2 N–H and O–H groups in total. The Morgan fingerprint density at radius 3 is 2.44 bits per heavy atom. The summed E-state index contributed by atoms with van der Waals surface area (Å²) in [6.07, 6.45) is 0. The average Bonchev–Trinajstić information content (AvgIpc) is 2.30. The summed E-state index contributed by atoms with van der Waals surface area (Å²) in [5.74, 6) is 1.66. The number of rotatable bonds is 5. The molecular weight excluding hydrogens is 204 g/mol. The minimum Gasteiger partial charge on any atom is -0.497 e. The predicted octanol–water partition coefficient (Wildman–Crippen LogP) is 1.36. The first-order chi connectivity index (χ1) is 7.62. The molecule has 0 spiro atoms. The molecule has 0 unspecified atom stereocenters. The van der Waals surface area contributed by atoms with Crippen LogP contribution in [0.2, 0.25) is 0 Å². The highest BCUT2D eigenvalue weighted by atomic mass is 16.5. The lowest BCUT2D eigenvalue weighted by atomic mass is 10.1. The van der Waals surface area contributed by atoms with Crippen molar-refractivity contribution >= 4 is 0 Å². The van der Waals surface area contributed by atoms with Crippen LogP contribution >= 0.6 is 0 Å². The SMILES string of the molecule is COc1cc(C)c(CN(C)CN)c(OC)c1. The number of methoxy groups -OCH3 is 2. The first kappa shape index (κ1) is 12.8. The first-order valence-electron chi connectivity index (χ1n) is 5.22. The Labute approximate surface area is 96.9 Å². The maximum absolute atomic E-state index is 5.58. The lowest BCUT2D eigenvalue weighted by molar-refractivity contribution is 0.324. The summed E-state index contributed by atoms with van der Waals surface area (Å²) in [4.78, 5) is 2.03. The Hall–Kier alpha value is -1.26. The molecule has 0 aliphatic heterocycles. The summed E-state index contributed by atoms with van der Waals surface area (Å²) < 4.78 is 10.6. The predicted molar refractivity (Wildman–Crippen MR) is 64.8 cm³/mol. The van der Waals surface area contributed by atoms with Crippen molar-refractivity contribution < 1.29 is 9.47 Å². The van der Waals surface area contributed by atoms with Gasteiger partial charge in [0.25, 0.3) is 0 Å². The van der Waals surface area contributed by atoms with E-state index in [9.17, 15) is 0 Å². The average molecular weight is 224 g/mol. The molecule has 0 fully saturated rings. The fourth-order valence-electron chi connectivity index (χ4n) is 1.59. The number of ether oxygens (including phenoxy) is 2. The van der Waals surface area contributed by atoms with E-state index in [0.717, 1.165) is 29.2 Å². The summed E-state index contributed by atoms with van der Waals surface area (Å²) in [6.45, 7) is 3.34. The van der Waals surface area contributed by atoms with E-state index in [1.165, 1.54) is 0 Å². The van der Waals surface area contributed by atoms with E-state index in [1.807, 2.05) is 31.0 Å². The first-order valence-corrected chi connectivity index (χ1v) is 5.22. The largest absolute Gasteiger partial charge is 0.497 e. The number of hydrogen-bond donors (Lipinski definition) is 1. The van der Waals surface area contributed by atoms with Gasteiger partial charge in [0.15, 0.2) is 0 Å². The fourth-order valence-corrected chi connectivity index (χ4v) is 1.59. The van der Waals surface area contributed by atoms with Crippen molar-refractivity contribution in [3.05, 3.63) is 23.3 Å². The molecule has 4 nitrogen and oxygen atoms in total. The van der Waals surface area contributed by atoms with E-state index in [2.05, 4.69) is 0 Å². The normalized spacial score (nSPS) is 10.6. The Balaban J connectivity index is 3.06. The van der Waals surface area contributed by atoms with Crippen molar-refractivity contribution in [1.82, 2.24) is 4.90 Å². The minimum absolute atomic E-state index is 0.522. The molecule has 1 aromatic rings. The van der Waals surface area contributed by atoms with Gasteiger partial charge in [-0.2, -0.15) is 0 Å². The molecule has 0 aliphatic rings. The third-order valence-electron chi connectivity index (χ3n) is 2.60. The molecule has 0 radical (unpaired) electrons. The van der Waals surface area contributed by atoms with Gasteiger partial charge in [-0.25, -0.2) is 0 Å². The fraction of sp³-hybridized carbons (Fsp3) is 0.500. The smallest absolute Gasteiger partial charge is 0.127 e. The highest BCUT2D eigenvalue weighted by Crippen LogP contribution is 2.29. The third kappa shape index (κ3) is 2.87. The lowest BCUT2D eigenvalue weighted by Crippen LogP contribution is -2.25. The molecule has 0 bridgehead atoms. The summed E-state index contributed by atoms with van der Waals surface area (Å²) in [5.41, 5.74) is 7.88. The molecule has 1 aromatic carbocycles. The molecule has 90 valence electrons. The quantitative estimate of drug-likeness (QED) is 0.767. The van der Waals surface area contributed by atoms with Gasteiger partial charge < -0.3 is 15.2 Å². The van der Waals surface area contributed by atoms with Crippen LogP contribution in [0.25, 0.3) is 0 Å². The Morgan fingerprint density at radius 1 is 1.25 bits per heavy atom. The van der Waals surface area contributed by atoms with Gasteiger partial charge in [-0.05, 0) is 25.6 Å². The van der Waals surface area contributed by atoms with Crippen molar-refractivity contribution in [3.63, 3.8) is 0 Å². The summed E-state index contributed by atoms with van der Waals surface area (Å²) in [5, 5.41) is 0. The Kier molecular flexibility index (Phi) is 4.58. The van der Waals surface area contributed by atoms with Crippen LogP contribution in [0.4, 0.5) is 0 Å². The van der Waals surface area contributed by atoms with Crippen LogP contribution in [0, 0.1) is 6.92 Å². The van der Waals surface area contributed by atoms with E-state index < -0.39 is 0 Å². The zero-order chi connectivity index (χ0) is 12.1. The van der Waals surface area contributed by atoms with Crippen molar-refractivity contribution in [2.24, 2.45) is 5.73 Å². The molecule has 4 heteroatoms. The highest BCUT2D eigenvalue weighted by molar-refractivity contribution is 5.46. The number of hydrogen-bond acceptors (Lipinski definition) is 4. The third-order valence-corrected chi connectivity index (χ3v) is 2.60. The molecule has 0 saturated carbocycles. The number of benzene rings is 1. The van der Waals surface area contributed by atoms with E-state index in [1.54, 1.807) is 14.2 Å². The second-order valence-electron chi connectivity index (χ2n) is 3.82. The zero-order valence-electron chi connectivity index (χ0n) is 10.4. The van der Waals surface area contributed by atoms with E-state index in [-0.39, 0.29) is 0 Å². The molecule has 16 heavy (non-hydrogen) atoms. The zero-order valence-corrected chi connectivity index (χ0v) is 10.4. The number of nitrogens with zero attached hydrogens (tertiary/aromatic N) is 1. The van der Waals surface area contributed by atoms with Gasteiger partial charge in [0.05, 0.1) is 14.2 Å². The van der Waals surface area contributed by atoms with Gasteiger partial charge in [0, 0.05) is 24.8 Å². The second-order valence-corrected chi connectivity index (χ2v) is 3.82. The molecule has 0 aromatic heterocycles. The summed E-state index contributed by atoms with van der Waals surface area (Å²) in [7, 11) is 5.29. The van der Waals surface area contributed by atoms with Crippen molar-refractivity contribution in [2.75, 3.05) is 27.9 Å². The molecule has 0 amide bonds. The van der Waals surface area contributed by atoms with Gasteiger partial charge in [-0.15, -0.1) is 0 Å². The van der Waals surface area contributed by atoms with Gasteiger partial charge in [0.2, 0.25) is 0 Å². The van der Waals surface area contributed by atoms with Gasteiger partial charge in [0.1, 0.15) is 11.5 Å². The molecule has 0 aliphatic carbocycles. The topological polar surface area (TPSA) is 47.7 Å². The number of nitrogens with two attached hydrogens (primary N) is 1. The summed E-state index contributed by atoms with van der Waals surface area (Å²) in [6, 6.07) is 3.90. The maximum atomic E-state index is 5.58. The van der Waals surface area contributed by atoms with E-state index >= 15 is 0 Å². The van der Waals surface area contributed by atoms with E-state index in [4.69, 9.17) is 15.2 Å². The van der Waals surface area contributed by atoms with Crippen LogP contribution in [0.5, 0.6) is 11.5 Å². The highest BCUT2D eigenvalue weighted by Gasteiger charge is 2.10. The molecule has 0 saturated heterocycles. The van der Waals surface area contributed by atoms with Crippen LogP contribution in [0.1, 0.15) is 11.1 Å².